The zero-order valence-corrected chi connectivity index (χ0v) is 18.9. The van der Waals surface area contributed by atoms with Crippen molar-refractivity contribution in [1.82, 2.24) is 4.90 Å². The summed E-state index contributed by atoms with van der Waals surface area (Å²) < 4.78 is 6.51. The van der Waals surface area contributed by atoms with Crippen molar-refractivity contribution in [3.63, 3.8) is 0 Å². The highest BCUT2D eigenvalue weighted by atomic mass is 79.9. The number of amides is 2. The molecule has 1 heterocycles. The van der Waals surface area contributed by atoms with Crippen molar-refractivity contribution < 1.29 is 19.1 Å². The number of hydrogen-bond donors (Lipinski definition) is 0. The number of halogens is 1. The molecule has 5 nitrogen and oxygen atoms in total. The minimum Gasteiger partial charge on any atom is -0.425 e. The van der Waals surface area contributed by atoms with Crippen LogP contribution in [-0.4, -0.2) is 28.7 Å². The molecule has 2 saturated carbocycles. The molecule has 7 atom stereocenters. The van der Waals surface area contributed by atoms with Crippen LogP contribution in [0.5, 0.6) is 5.75 Å². The molecule has 5 aliphatic rings. The van der Waals surface area contributed by atoms with E-state index in [1.165, 1.54) is 4.90 Å². The van der Waals surface area contributed by atoms with Gasteiger partial charge in [0.2, 0.25) is 11.8 Å². The fourth-order valence-electron chi connectivity index (χ4n) is 6.09. The summed E-state index contributed by atoms with van der Waals surface area (Å²) >= 11 is 3.37. The van der Waals surface area contributed by atoms with Gasteiger partial charge in [0.1, 0.15) is 11.8 Å². The molecule has 2 aromatic rings. The molecule has 0 aromatic heterocycles. The van der Waals surface area contributed by atoms with Crippen LogP contribution in [0.3, 0.4) is 0 Å². The predicted molar refractivity (Wildman–Crippen MR) is 120 cm³/mol. The first-order chi connectivity index (χ1) is 15.5. The third-order valence-electron chi connectivity index (χ3n) is 7.58. The molecule has 2 bridgehead atoms. The summed E-state index contributed by atoms with van der Waals surface area (Å²) in [5, 5.41) is 0. The Morgan fingerprint density at radius 2 is 1.53 bits per heavy atom. The maximum absolute atomic E-state index is 13.6. The molecule has 7 rings (SSSR count). The van der Waals surface area contributed by atoms with E-state index in [9.17, 15) is 14.4 Å². The summed E-state index contributed by atoms with van der Waals surface area (Å²) in [4.78, 5) is 41.8. The number of likely N-dealkylation sites (tertiary alicyclic amines) is 1. The normalized spacial score (nSPS) is 32.5. The van der Waals surface area contributed by atoms with E-state index in [1.807, 2.05) is 30.3 Å². The molecule has 1 saturated heterocycles. The fraction of sp³-hybridized carbons (Fsp3) is 0.346. The van der Waals surface area contributed by atoms with Gasteiger partial charge in [-0.1, -0.05) is 58.4 Å². The molecule has 1 aliphatic heterocycles. The number of nitrogens with zero attached hydrogens (tertiary/aromatic N) is 1. The second-order valence-corrected chi connectivity index (χ2v) is 10.2. The Hall–Kier alpha value is -2.73. The van der Waals surface area contributed by atoms with Gasteiger partial charge in [0, 0.05) is 10.9 Å². The predicted octanol–water partition coefficient (Wildman–Crippen LogP) is 4.02. The van der Waals surface area contributed by atoms with Crippen LogP contribution >= 0.6 is 15.9 Å². The number of hydrogen-bond acceptors (Lipinski definition) is 4. The van der Waals surface area contributed by atoms with Gasteiger partial charge in [-0.15, -0.1) is 0 Å². The van der Waals surface area contributed by atoms with Gasteiger partial charge in [-0.3, -0.25) is 14.5 Å². The standard InChI is InChI=1S/C26H22BrNO4/c27-15-6-8-16(9-7-15)32-26(31)21(12-14-4-2-1-3-5-14)28-24(29)22-17-10-11-18(20-13-19(17)20)23(22)25(28)30/h1-11,17-23H,12-13H2/t17-,18-,19-,20-,21-,22+,23+/m1/s1. The lowest BCUT2D eigenvalue weighted by atomic mass is 9.63. The summed E-state index contributed by atoms with van der Waals surface area (Å²) in [6.07, 6.45) is 5.62. The SMILES string of the molecule is O=C(Oc1ccc(Br)cc1)[C@@H](Cc1ccccc1)N1C(=O)[C@H]2[C@@H]3C=C[C@H]([C@H]4C[C@H]34)[C@@H]2C1=O. The van der Waals surface area contributed by atoms with Crippen LogP contribution in [0.15, 0.2) is 71.2 Å². The average molecular weight is 492 g/mol. The Balaban J connectivity index is 1.33. The second kappa shape index (κ2) is 7.41. The monoisotopic (exact) mass is 491 g/mol. The Labute approximate surface area is 194 Å². The van der Waals surface area contributed by atoms with Crippen molar-refractivity contribution in [2.45, 2.75) is 18.9 Å². The molecular formula is C26H22BrNO4. The highest BCUT2D eigenvalue weighted by molar-refractivity contribution is 9.10. The second-order valence-electron chi connectivity index (χ2n) is 9.28. The molecule has 3 fully saturated rings. The molecule has 6 heteroatoms. The third-order valence-corrected chi connectivity index (χ3v) is 8.11. The van der Waals surface area contributed by atoms with Gasteiger partial charge in [-0.05, 0) is 59.9 Å². The first kappa shape index (κ1) is 19.9. The van der Waals surface area contributed by atoms with E-state index in [0.29, 0.717) is 17.6 Å². The molecular weight excluding hydrogens is 470 g/mol. The van der Waals surface area contributed by atoms with Gasteiger partial charge in [-0.25, -0.2) is 4.79 Å². The van der Waals surface area contributed by atoms with Gasteiger partial charge >= 0.3 is 5.97 Å². The van der Waals surface area contributed by atoms with Crippen molar-refractivity contribution >= 4 is 33.7 Å². The lowest BCUT2D eigenvalue weighted by Crippen LogP contribution is -2.48. The number of imide groups is 1. The van der Waals surface area contributed by atoms with Crippen molar-refractivity contribution in [1.29, 1.82) is 0 Å². The van der Waals surface area contributed by atoms with E-state index in [4.69, 9.17) is 4.74 Å². The van der Waals surface area contributed by atoms with Crippen LogP contribution in [-0.2, 0) is 20.8 Å². The molecule has 0 N–H and O–H groups in total. The Kier molecular flexibility index (Phi) is 4.61. The van der Waals surface area contributed by atoms with Crippen molar-refractivity contribution in [3.05, 3.63) is 76.8 Å². The molecule has 2 aromatic carbocycles. The maximum Gasteiger partial charge on any atom is 0.335 e. The Bertz CT molecular complexity index is 1090. The Morgan fingerprint density at radius 3 is 2.12 bits per heavy atom. The largest absolute Gasteiger partial charge is 0.425 e. The average Bonchev–Trinajstić information content (AvgIpc) is 3.58. The van der Waals surface area contributed by atoms with Crippen molar-refractivity contribution in [3.8, 4) is 5.75 Å². The number of allylic oxidation sites excluding steroid dienone is 2. The molecule has 4 aliphatic carbocycles. The highest BCUT2D eigenvalue weighted by Gasteiger charge is 2.68. The zero-order chi connectivity index (χ0) is 22.0. The van der Waals surface area contributed by atoms with E-state index in [-0.39, 0.29) is 41.9 Å². The summed E-state index contributed by atoms with van der Waals surface area (Å²) in [5.74, 6) is -0.00218. The summed E-state index contributed by atoms with van der Waals surface area (Å²) in [6.45, 7) is 0. The number of esters is 1. The quantitative estimate of drug-likeness (QED) is 0.274. The minimum absolute atomic E-state index is 0.122. The number of ether oxygens (including phenoxy) is 1. The first-order valence-electron chi connectivity index (χ1n) is 11.1. The summed E-state index contributed by atoms with van der Waals surface area (Å²) in [6, 6.07) is 15.4. The topological polar surface area (TPSA) is 63.7 Å². The van der Waals surface area contributed by atoms with Crippen LogP contribution in [0, 0.1) is 35.5 Å². The van der Waals surface area contributed by atoms with Crippen LogP contribution in [0.25, 0.3) is 0 Å². The summed E-state index contributed by atoms with van der Waals surface area (Å²) in [5.41, 5.74) is 0.879. The Morgan fingerprint density at radius 1 is 0.938 bits per heavy atom. The molecule has 0 spiro atoms. The fourth-order valence-corrected chi connectivity index (χ4v) is 6.36. The van der Waals surface area contributed by atoms with Gasteiger partial charge in [0.15, 0.2) is 0 Å². The lowest BCUT2D eigenvalue weighted by molar-refractivity contribution is -0.153. The van der Waals surface area contributed by atoms with Gasteiger partial charge in [0.05, 0.1) is 11.8 Å². The van der Waals surface area contributed by atoms with Crippen molar-refractivity contribution in [2.75, 3.05) is 0 Å². The van der Waals surface area contributed by atoms with Crippen LogP contribution in [0.1, 0.15) is 12.0 Å². The highest BCUT2D eigenvalue weighted by Crippen LogP contribution is 2.65. The maximum atomic E-state index is 13.6. The van der Waals surface area contributed by atoms with E-state index in [2.05, 4.69) is 28.1 Å². The number of carbonyl (C=O) groups excluding carboxylic acids is 3. The lowest BCUT2D eigenvalue weighted by Gasteiger charge is -2.37. The number of benzene rings is 2. The zero-order valence-electron chi connectivity index (χ0n) is 17.3. The molecule has 32 heavy (non-hydrogen) atoms. The van der Waals surface area contributed by atoms with Crippen molar-refractivity contribution in [2.24, 2.45) is 35.5 Å². The molecule has 0 unspecified atom stereocenters. The van der Waals surface area contributed by atoms with E-state index >= 15 is 0 Å². The molecule has 0 radical (unpaired) electrons. The van der Waals surface area contributed by atoms with Gasteiger partial charge in [-0.2, -0.15) is 0 Å². The van der Waals surface area contributed by atoms with E-state index < -0.39 is 12.0 Å². The third kappa shape index (κ3) is 3.07. The van der Waals surface area contributed by atoms with E-state index in [0.717, 1.165) is 16.5 Å². The molecule has 162 valence electrons. The summed E-state index contributed by atoms with van der Waals surface area (Å²) in [7, 11) is 0. The van der Waals surface area contributed by atoms with E-state index in [1.54, 1.807) is 24.3 Å². The minimum atomic E-state index is -0.984. The van der Waals surface area contributed by atoms with Gasteiger partial charge < -0.3 is 4.74 Å². The van der Waals surface area contributed by atoms with Gasteiger partial charge in [0.25, 0.3) is 0 Å². The first-order valence-corrected chi connectivity index (χ1v) is 11.9. The number of rotatable bonds is 5. The smallest absolute Gasteiger partial charge is 0.335 e. The number of carbonyl (C=O) groups is 3. The van der Waals surface area contributed by atoms with Crippen LogP contribution in [0.4, 0.5) is 0 Å². The molecule has 2 amide bonds. The van der Waals surface area contributed by atoms with Crippen LogP contribution < -0.4 is 4.74 Å². The van der Waals surface area contributed by atoms with Crippen LogP contribution in [0.2, 0.25) is 0 Å².